The van der Waals surface area contributed by atoms with Crippen LogP contribution in [0.15, 0.2) is 73.1 Å². The summed E-state index contributed by atoms with van der Waals surface area (Å²) in [5, 5.41) is 0. The molecule has 0 aromatic heterocycles. The lowest BCUT2D eigenvalue weighted by Crippen LogP contribution is -2.30. The number of benzene rings is 2. The van der Waals surface area contributed by atoms with E-state index in [1.165, 1.54) is 0 Å². The fraction of sp³-hybridized carbons (Fsp3) is 0.167. The van der Waals surface area contributed by atoms with Gasteiger partial charge in [0.05, 0.1) is 12.2 Å². The van der Waals surface area contributed by atoms with E-state index in [-0.39, 0.29) is 18.4 Å². The molecule has 2 aromatic carbocycles. The van der Waals surface area contributed by atoms with Crippen molar-refractivity contribution in [1.82, 2.24) is 9.80 Å². The monoisotopic (exact) mass is 330 g/mol. The van der Waals surface area contributed by atoms with E-state index in [1.54, 1.807) is 12.1 Å². The molecule has 1 heterocycles. The maximum Gasteiger partial charge on any atom is 0.340 e. The Kier molecular flexibility index (Phi) is 5.66. The first-order valence-corrected chi connectivity index (χ1v) is 7.19. The van der Waals surface area contributed by atoms with Gasteiger partial charge < -0.3 is 14.5 Å². The van der Waals surface area contributed by atoms with Crippen molar-refractivity contribution in [1.29, 1.82) is 0 Å². The molecular formula is C18H19ClN2O2. The van der Waals surface area contributed by atoms with Crippen LogP contribution in [0.2, 0.25) is 0 Å². The highest BCUT2D eigenvalue weighted by molar-refractivity contribution is 5.89. The number of nitrogens with zero attached hydrogens (tertiary/aromatic N) is 2. The molecule has 1 aliphatic rings. The quantitative estimate of drug-likeness (QED) is 0.801. The first kappa shape index (κ1) is 16.9. The van der Waals surface area contributed by atoms with Crippen molar-refractivity contribution in [2.24, 2.45) is 0 Å². The van der Waals surface area contributed by atoms with E-state index in [2.05, 4.69) is 0 Å². The van der Waals surface area contributed by atoms with Gasteiger partial charge in [-0.3, -0.25) is 0 Å². The summed E-state index contributed by atoms with van der Waals surface area (Å²) in [6, 6.07) is 18.8. The van der Waals surface area contributed by atoms with Crippen molar-refractivity contribution in [3.8, 4) is 0 Å². The van der Waals surface area contributed by atoms with E-state index in [0.29, 0.717) is 12.2 Å². The molecule has 1 unspecified atom stereocenters. The fourth-order valence-electron chi connectivity index (χ4n) is 2.39. The maximum absolute atomic E-state index is 12.4. The molecule has 0 saturated heterocycles. The molecule has 0 fully saturated rings. The molecule has 0 amide bonds. The molecule has 0 saturated carbocycles. The Hall–Kier alpha value is -2.46. The van der Waals surface area contributed by atoms with Crippen LogP contribution < -0.4 is 0 Å². The second kappa shape index (κ2) is 7.70. The van der Waals surface area contributed by atoms with Gasteiger partial charge in [-0.2, -0.15) is 0 Å². The topological polar surface area (TPSA) is 32.8 Å². The molecule has 5 heteroatoms. The standard InChI is InChI=1S/C18H18N2O2.ClH/c1-19-12-13-20(14-19)17(15-8-4-2-5-9-15)22-18(21)16-10-6-3-7-11-16;/h2-13,17H,14H2,1H3;1H. The summed E-state index contributed by atoms with van der Waals surface area (Å²) in [5.74, 6) is -0.322. The minimum Gasteiger partial charge on any atom is -0.434 e. The number of esters is 1. The third-order valence-corrected chi connectivity index (χ3v) is 3.51. The molecule has 0 N–H and O–H groups in total. The number of hydrogen-bond acceptors (Lipinski definition) is 4. The van der Waals surface area contributed by atoms with Crippen LogP contribution in [0.3, 0.4) is 0 Å². The Morgan fingerprint density at radius 2 is 1.61 bits per heavy atom. The molecule has 3 rings (SSSR count). The maximum atomic E-state index is 12.4. The van der Waals surface area contributed by atoms with Crippen molar-refractivity contribution >= 4 is 18.4 Å². The first-order chi connectivity index (χ1) is 10.7. The zero-order valence-corrected chi connectivity index (χ0v) is 13.6. The normalized spacial score (nSPS) is 14.3. The van der Waals surface area contributed by atoms with Crippen LogP contribution in [0.5, 0.6) is 0 Å². The summed E-state index contributed by atoms with van der Waals surface area (Å²) in [6.07, 6.45) is 3.47. The van der Waals surface area contributed by atoms with E-state index in [0.717, 1.165) is 5.56 Å². The number of ether oxygens (including phenoxy) is 1. The second-order valence-electron chi connectivity index (χ2n) is 5.25. The van der Waals surface area contributed by atoms with Crippen molar-refractivity contribution < 1.29 is 9.53 Å². The van der Waals surface area contributed by atoms with Gasteiger partial charge in [0, 0.05) is 25.0 Å². The SMILES string of the molecule is CN1C=CN(C(OC(=O)c2ccccc2)c2ccccc2)C1.Cl. The van der Waals surface area contributed by atoms with Crippen LogP contribution in [0.4, 0.5) is 0 Å². The van der Waals surface area contributed by atoms with E-state index < -0.39 is 6.23 Å². The first-order valence-electron chi connectivity index (χ1n) is 7.19. The highest BCUT2D eigenvalue weighted by Gasteiger charge is 2.25. The predicted octanol–water partition coefficient (Wildman–Crippen LogP) is 3.64. The minimum atomic E-state index is -0.435. The molecule has 0 spiro atoms. The van der Waals surface area contributed by atoms with Gasteiger partial charge in [-0.25, -0.2) is 4.79 Å². The third kappa shape index (κ3) is 4.05. The highest BCUT2D eigenvalue weighted by atomic mass is 35.5. The Morgan fingerprint density at radius 1 is 1.00 bits per heavy atom. The van der Waals surface area contributed by atoms with Crippen LogP contribution in [0.1, 0.15) is 22.1 Å². The van der Waals surface area contributed by atoms with Gasteiger partial charge in [-0.05, 0) is 12.1 Å². The van der Waals surface area contributed by atoms with E-state index in [9.17, 15) is 4.79 Å². The summed E-state index contributed by atoms with van der Waals surface area (Å²) in [5.41, 5.74) is 1.51. The van der Waals surface area contributed by atoms with Gasteiger partial charge >= 0.3 is 5.97 Å². The van der Waals surface area contributed by atoms with Crippen molar-refractivity contribution in [2.75, 3.05) is 13.7 Å². The number of halogens is 1. The van der Waals surface area contributed by atoms with Gasteiger partial charge in [0.1, 0.15) is 0 Å². The summed E-state index contributed by atoms with van der Waals surface area (Å²) >= 11 is 0. The summed E-state index contributed by atoms with van der Waals surface area (Å²) in [7, 11) is 1.98. The van der Waals surface area contributed by atoms with Crippen LogP contribution in [-0.2, 0) is 4.74 Å². The fourth-order valence-corrected chi connectivity index (χ4v) is 2.39. The van der Waals surface area contributed by atoms with Gasteiger partial charge in [-0.15, -0.1) is 12.4 Å². The Bertz CT molecular complexity index is 661. The molecule has 0 radical (unpaired) electrons. The van der Waals surface area contributed by atoms with E-state index >= 15 is 0 Å². The number of rotatable bonds is 4. The highest BCUT2D eigenvalue weighted by Crippen LogP contribution is 2.26. The lowest BCUT2D eigenvalue weighted by molar-refractivity contribution is -0.0205. The predicted molar refractivity (Wildman–Crippen MR) is 91.9 cm³/mol. The largest absolute Gasteiger partial charge is 0.434 e. The van der Waals surface area contributed by atoms with Crippen LogP contribution >= 0.6 is 12.4 Å². The lowest BCUT2D eigenvalue weighted by atomic mass is 10.2. The summed E-state index contributed by atoms with van der Waals surface area (Å²) in [6.45, 7) is 0.682. The summed E-state index contributed by atoms with van der Waals surface area (Å²) in [4.78, 5) is 16.4. The van der Waals surface area contributed by atoms with Crippen molar-refractivity contribution in [3.05, 3.63) is 84.2 Å². The molecule has 2 aromatic rings. The van der Waals surface area contributed by atoms with Gasteiger partial charge in [0.2, 0.25) is 6.23 Å². The zero-order valence-electron chi connectivity index (χ0n) is 12.8. The van der Waals surface area contributed by atoms with Gasteiger partial charge in [0.25, 0.3) is 0 Å². The van der Waals surface area contributed by atoms with Gasteiger partial charge in [-0.1, -0.05) is 48.5 Å². The average molecular weight is 331 g/mol. The third-order valence-electron chi connectivity index (χ3n) is 3.51. The molecule has 0 aliphatic carbocycles. The minimum absolute atomic E-state index is 0. The molecule has 0 bridgehead atoms. The van der Waals surface area contributed by atoms with E-state index in [4.69, 9.17) is 4.74 Å². The van der Waals surface area contributed by atoms with E-state index in [1.807, 2.05) is 77.8 Å². The average Bonchev–Trinajstić information content (AvgIpc) is 3.00. The van der Waals surface area contributed by atoms with Crippen molar-refractivity contribution in [3.63, 3.8) is 0 Å². The van der Waals surface area contributed by atoms with Crippen LogP contribution in [-0.4, -0.2) is 29.5 Å². The number of hydrogen-bond donors (Lipinski definition) is 0. The Labute approximate surface area is 142 Å². The zero-order chi connectivity index (χ0) is 15.4. The Balaban J connectivity index is 0.00000192. The number of carbonyl (C=O) groups is 1. The summed E-state index contributed by atoms with van der Waals surface area (Å²) < 4.78 is 5.76. The molecule has 1 atom stereocenters. The van der Waals surface area contributed by atoms with Crippen LogP contribution in [0.25, 0.3) is 0 Å². The molecule has 1 aliphatic heterocycles. The second-order valence-corrected chi connectivity index (χ2v) is 5.25. The van der Waals surface area contributed by atoms with Gasteiger partial charge in [0.15, 0.2) is 0 Å². The molecule has 120 valence electrons. The smallest absolute Gasteiger partial charge is 0.340 e. The Morgan fingerprint density at radius 3 is 2.17 bits per heavy atom. The van der Waals surface area contributed by atoms with Crippen LogP contribution in [0, 0.1) is 0 Å². The van der Waals surface area contributed by atoms with Crippen molar-refractivity contribution in [2.45, 2.75) is 6.23 Å². The lowest BCUT2D eigenvalue weighted by Gasteiger charge is -2.28. The molecule has 4 nitrogen and oxygen atoms in total. The number of carbonyl (C=O) groups excluding carboxylic acids is 1. The molecule has 23 heavy (non-hydrogen) atoms. The molecular weight excluding hydrogens is 312 g/mol.